The topological polar surface area (TPSA) is 58.4 Å². The average molecular weight is 340 g/mol. The first kappa shape index (κ1) is 17.3. The third-order valence-electron chi connectivity index (χ3n) is 3.50. The van der Waals surface area contributed by atoms with E-state index in [-0.39, 0.29) is 16.5 Å². The Morgan fingerprint density at radius 3 is 2.74 bits per heavy atom. The lowest BCUT2D eigenvalue weighted by Crippen LogP contribution is -2.26. The maximum atomic E-state index is 13.5. The van der Waals surface area contributed by atoms with Crippen molar-refractivity contribution < 1.29 is 14.3 Å². The zero-order valence-corrected chi connectivity index (χ0v) is 14.2. The highest BCUT2D eigenvalue weighted by atomic mass is 35.5. The van der Waals surface area contributed by atoms with Gasteiger partial charge < -0.3 is 10.0 Å². The molecular weight excluding hydrogens is 321 g/mol. The molecule has 1 heterocycles. The minimum atomic E-state index is -0.672. The molecular formula is C16H19ClFN3O2. The fourth-order valence-electron chi connectivity index (χ4n) is 2.42. The molecule has 0 unspecified atom stereocenters. The van der Waals surface area contributed by atoms with Crippen LogP contribution >= 0.6 is 11.6 Å². The van der Waals surface area contributed by atoms with Gasteiger partial charge in [0, 0.05) is 32.4 Å². The molecule has 0 aliphatic carbocycles. The summed E-state index contributed by atoms with van der Waals surface area (Å²) in [5, 5.41) is 14.1. The van der Waals surface area contributed by atoms with Crippen LogP contribution in [-0.2, 0) is 13.6 Å². The Hall–Kier alpha value is -2.08. The van der Waals surface area contributed by atoms with Gasteiger partial charge in [-0.25, -0.2) is 4.39 Å². The number of hydrogen-bond acceptors (Lipinski definition) is 3. The molecule has 0 aliphatic heterocycles. The molecule has 2 aromatic rings. The third kappa shape index (κ3) is 3.64. The van der Waals surface area contributed by atoms with Crippen LogP contribution in [0.3, 0.4) is 0 Å². The molecule has 1 amide bonds. The molecule has 0 saturated carbocycles. The minimum absolute atomic E-state index is 0.160. The van der Waals surface area contributed by atoms with Crippen molar-refractivity contribution in [3.05, 3.63) is 46.0 Å². The fourth-order valence-corrected chi connectivity index (χ4v) is 2.63. The van der Waals surface area contributed by atoms with Crippen LogP contribution in [0.2, 0.25) is 5.02 Å². The molecule has 0 aliphatic rings. The van der Waals surface area contributed by atoms with Gasteiger partial charge in [-0.15, -0.1) is 0 Å². The van der Waals surface area contributed by atoms with Crippen LogP contribution in [0.25, 0.3) is 0 Å². The van der Waals surface area contributed by atoms with Crippen molar-refractivity contribution in [3.63, 3.8) is 0 Å². The Labute approximate surface area is 139 Å². The number of amides is 1. The Morgan fingerprint density at radius 2 is 2.13 bits per heavy atom. The molecule has 7 heteroatoms. The Bertz CT molecular complexity index is 743. The molecule has 0 atom stereocenters. The molecule has 1 aromatic heterocycles. The number of carbonyl (C=O) groups excluding carboxylic acids is 1. The molecule has 0 fully saturated rings. The number of hydrogen-bond donors (Lipinski definition) is 1. The summed E-state index contributed by atoms with van der Waals surface area (Å²) >= 11 is 5.72. The number of aryl methyl sites for hydroxylation is 1. The number of halogens is 2. The van der Waals surface area contributed by atoms with E-state index in [9.17, 15) is 14.3 Å². The van der Waals surface area contributed by atoms with Crippen LogP contribution in [0.5, 0.6) is 5.75 Å². The van der Waals surface area contributed by atoms with Crippen LogP contribution in [0.1, 0.15) is 41.4 Å². The Kier molecular flexibility index (Phi) is 4.94. The lowest BCUT2D eigenvalue weighted by Gasteiger charge is -2.18. The average Bonchev–Trinajstić information content (AvgIpc) is 2.82. The van der Waals surface area contributed by atoms with E-state index >= 15 is 0 Å². The normalized spacial score (nSPS) is 11.1. The van der Waals surface area contributed by atoms with E-state index in [2.05, 4.69) is 5.10 Å². The van der Waals surface area contributed by atoms with E-state index in [1.807, 2.05) is 27.1 Å². The summed E-state index contributed by atoms with van der Waals surface area (Å²) < 4.78 is 15.1. The zero-order valence-electron chi connectivity index (χ0n) is 13.5. The number of aromatic nitrogens is 2. The maximum absolute atomic E-state index is 13.5. The van der Waals surface area contributed by atoms with Gasteiger partial charge in [0.2, 0.25) is 0 Å². The van der Waals surface area contributed by atoms with E-state index in [0.717, 1.165) is 23.4 Å². The van der Waals surface area contributed by atoms with Crippen molar-refractivity contribution in [2.24, 2.45) is 7.05 Å². The highest BCUT2D eigenvalue weighted by Crippen LogP contribution is 2.30. The van der Waals surface area contributed by atoms with Gasteiger partial charge in [0.05, 0.1) is 16.3 Å². The molecule has 5 nitrogen and oxygen atoms in total. The van der Waals surface area contributed by atoms with E-state index in [1.54, 1.807) is 11.7 Å². The van der Waals surface area contributed by atoms with E-state index in [1.165, 1.54) is 4.90 Å². The molecule has 124 valence electrons. The van der Waals surface area contributed by atoms with Crippen molar-refractivity contribution in [1.82, 2.24) is 14.7 Å². The van der Waals surface area contributed by atoms with Gasteiger partial charge in [0.15, 0.2) is 0 Å². The molecule has 0 saturated heterocycles. The van der Waals surface area contributed by atoms with E-state index in [4.69, 9.17) is 11.6 Å². The molecule has 23 heavy (non-hydrogen) atoms. The van der Waals surface area contributed by atoms with Crippen molar-refractivity contribution in [3.8, 4) is 5.75 Å². The number of rotatable bonds is 4. The monoisotopic (exact) mass is 339 g/mol. The van der Waals surface area contributed by atoms with Crippen molar-refractivity contribution in [2.75, 3.05) is 7.05 Å². The number of aromatic hydroxyl groups is 1. The summed E-state index contributed by atoms with van der Waals surface area (Å²) in [6, 6.07) is 1.94. The standard InChI is InChI=1S/C16H19ClFN3O2/c1-9(2)14-10(8-21(4)19-14)7-20(3)16(23)12-5-11(18)6-13(17)15(12)22/h5-6,8-9,22H,7H2,1-4H3. The first-order valence-electron chi connectivity index (χ1n) is 7.16. The van der Waals surface area contributed by atoms with Gasteiger partial charge in [-0.05, 0) is 18.1 Å². The van der Waals surface area contributed by atoms with Gasteiger partial charge in [0.1, 0.15) is 11.6 Å². The maximum Gasteiger partial charge on any atom is 0.257 e. The summed E-state index contributed by atoms with van der Waals surface area (Å²) in [4.78, 5) is 13.9. The van der Waals surface area contributed by atoms with Crippen LogP contribution in [-0.4, -0.2) is 32.7 Å². The highest BCUT2D eigenvalue weighted by molar-refractivity contribution is 6.32. The second-order valence-corrected chi connectivity index (χ2v) is 6.22. The van der Waals surface area contributed by atoms with E-state index < -0.39 is 17.5 Å². The predicted octanol–water partition coefficient (Wildman–Crippen LogP) is 3.31. The molecule has 0 bridgehead atoms. The summed E-state index contributed by atoms with van der Waals surface area (Å²) in [6.45, 7) is 4.34. The summed E-state index contributed by atoms with van der Waals surface area (Å²) in [7, 11) is 3.40. The Morgan fingerprint density at radius 1 is 1.48 bits per heavy atom. The van der Waals surface area contributed by atoms with Crippen molar-refractivity contribution in [1.29, 1.82) is 0 Å². The second-order valence-electron chi connectivity index (χ2n) is 5.81. The molecule has 0 radical (unpaired) electrons. The quantitative estimate of drug-likeness (QED) is 0.929. The first-order valence-corrected chi connectivity index (χ1v) is 7.54. The predicted molar refractivity (Wildman–Crippen MR) is 86.2 cm³/mol. The SMILES string of the molecule is CC(C)c1nn(C)cc1CN(C)C(=O)c1cc(F)cc(Cl)c1O. The first-order chi connectivity index (χ1) is 10.7. The fraction of sp³-hybridized carbons (Fsp3) is 0.375. The number of carbonyl (C=O) groups is 1. The molecule has 1 N–H and O–H groups in total. The van der Waals surface area contributed by atoms with Gasteiger partial charge in [0.25, 0.3) is 5.91 Å². The lowest BCUT2D eigenvalue weighted by molar-refractivity contribution is 0.0781. The smallest absolute Gasteiger partial charge is 0.257 e. The second kappa shape index (κ2) is 6.58. The van der Waals surface area contributed by atoms with E-state index in [0.29, 0.717) is 6.54 Å². The number of phenols is 1. The summed E-state index contributed by atoms with van der Waals surface area (Å²) in [5.41, 5.74) is 1.64. The summed E-state index contributed by atoms with van der Waals surface area (Å²) in [5.74, 6) is -1.39. The minimum Gasteiger partial charge on any atom is -0.506 e. The van der Waals surface area contributed by atoms with Gasteiger partial charge in [-0.3, -0.25) is 9.48 Å². The van der Waals surface area contributed by atoms with Gasteiger partial charge in [-0.1, -0.05) is 25.4 Å². The number of phenolic OH excluding ortho intramolecular Hbond substituents is 1. The third-order valence-corrected chi connectivity index (χ3v) is 3.78. The molecule has 2 rings (SSSR count). The van der Waals surface area contributed by atoms with Crippen LogP contribution in [0.4, 0.5) is 4.39 Å². The highest BCUT2D eigenvalue weighted by Gasteiger charge is 2.21. The number of nitrogens with zero attached hydrogens (tertiary/aromatic N) is 3. The largest absolute Gasteiger partial charge is 0.506 e. The molecule has 1 aromatic carbocycles. The van der Waals surface area contributed by atoms with Crippen LogP contribution in [0, 0.1) is 5.82 Å². The lowest BCUT2D eigenvalue weighted by atomic mass is 10.1. The molecule has 0 spiro atoms. The van der Waals surface area contributed by atoms with Crippen LogP contribution < -0.4 is 0 Å². The zero-order chi connectivity index (χ0) is 17.3. The van der Waals surface area contributed by atoms with Crippen molar-refractivity contribution >= 4 is 17.5 Å². The van der Waals surface area contributed by atoms with Gasteiger partial charge in [-0.2, -0.15) is 5.10 Å². The summed E-state index contributed by atoms with van der Waals surface area (Å²) in [6.07, 6.45) is 1.84. The number of benzene rings is 1. The van der Waals surface area contributed by atoms with Crippen molar-refractivity contribution in [2.45, 2.75) is 26.3 Å². The van der Waals surface area contributed by atoms with Gasteiger partial charge >= 0.3 is 0 Å². The van der Waals surface area contributed by atoms with Crippen LogP contribution in [0.15, 0.2) is 18.3 Å². The Balaban J connectivity index is 2.28.